The second-order valence-electron chi connectivity index (χ2n) is 4.21. The molecule has 17 heavy (non-hydrogen) atoms. The number of nitrogens with one attached hydrogen (secondary N) is 1. The van der Waals surface area contributed by atoms with Crippen molar-refractivity contribution in [3.05, 3.63) is 24.3 Å². The second-order valence-corrected chi connectivity index (χ2v) is 4.21. The molecule has 0 saturated carbocycles. The number of benzene rings is 1. The van der Waals surface area contributed by atoms with Gasteiger partial charge < -0.3 is 9.64 Å². The van der Waals surface area contributed by atoms with Gasteiger partial charge in [-0.1, -0.05) is 0 Å². The molecular weight excluding hydrogens is 216 g/mol. The molecule has 1 N–H and O–H groups in total. The van der Waals surface area contributed by atoms with E-state index in [0.717, 1.165) is 18.8 Å². The lowest BCUT2D eigenvalue weighted by atomic mass is 10.1. The Bertz CT molecular complexity index is 370. The molecule has 1 heterocycles. The van der Waals surface area contributed by atoms with Gasteiger partial charge in [-0.15, -0.1) is 0 Å². The average Bonchev–Trinajstić information content (AvgIpc) is 2.40. The Balaban J connectivity index is 1.99. The SMILES string of the molecule is COC(=O)Nc1ccc(N2CCCCC2)cc1. The van der Waals surface area contributed by atoms with Crippen LogP contribution < -0.4 is 10.2 Å². The molecule has 0 unspecified atom stereocenters. The third-order valence-electron chi connectivity index (χ3n) is 3.02. The van der Waals surface area contributed by atoms with E-state index in [4.69, 9.17) is 0 Å². The molecular formula is C13H18N2O2. The van der Waals surface area contributed by atoms with E-state index in [1.165, 1.54) is 32.1 Å². The number of methoxy groups -OCH3 is 1. The van der Waals surface area contributed by atoms with Crippen LogP contribution in [-0.2, 0) is 4.74 Å². The van der Waals surface area contributed by atoms with Crippen LogP contribution in [0.1, 0.15) is 19.3 Å². The standard InChI is InChI=1S/C13H18N2O2/c1-17-13(16)14-11-5-7-12(8-6-11)15-9-3-2-4-10-15/h5-8H,2-4,9-10H2,1H3,(H,14,16). The highest BCUT2D eigenvalue weighted by molar-refractivity contribution is 5.84. The van der Waals surface area contributed by atoms with Crippen molar-refractivity contribution in [2.75, 3.05) is 30.4 Å². The quantitative estimate of drug-likeness (QED) is 0.855. The van der Waals surface area contributed by atoms with Crippen LogP contribution in [0.25, 0.3) is 0 Å². The summed E-state index contributed by atoms with van der Waals surface area (Å²) in [7, 11) is 1.36. The van der Waals surface area contributed by atoms with Crippen LogP contribution in [0.5, 0.6) is 0 Å². The predicted molar refractivity (Wildman–Crippen MR) is 68.5 cm³/mol. The first kappa shape index (κ1) is 11.8. The molecule has 0 spiro atoms. The van der Waals surface area contributed by atoms with Gasteiger partial charge in [0.15, 0.2) is 0 Å². The van der Waals surface area contributed by atoms with Crippen molar-refractivity contribution in [1.82, 2.24) is 0 Å². The van der Waals surface area contributed by atoms with Crippen LogP contribution in [-0.4, -0.2) is 26.3 Å². The molecule has 2 rings (SSSR count). The normalized spacial score (nSPS) is 15.5. The Morgan fingerprint density at radius 2 is 1.82 bits per heavy atom. The molecule has 0 aromatic heterocycles. The zero-order chi connectivity index (χ0) is 12.1. The Kier molecular flexibility index (Phi) is 3.85. The fourth-order valence-electron chi connectivity index (χ4n) is 2.08. The number of piperidine rings is 1. The summed E-state index contributed by atoms with van der Waals surface area (Å²) in [4.78, 5) is 13.4. The van der Waals surface area contributed by atoms with Gasteiger partial charge in [0.25, 0.3) is 0 Å². The molecule has 92 valence electrons. The van der Waals surface area contributed by atoms with Crippen LogP contribution in [0.2, 0.25) is 0 Å². The molecule has 1 aromatic carbocycles. The largest absolute Gasteiger partial charge is 0.453 e. The van der Waals surface area contributed by atoms with E-state index in [-0.39, 0.29) is 0 Å². The van der Waals surface area contributed by atoms with E-state index in [2.05, 4.69) is 15.0 Å². The number of carbonyl (C=O) groups is 1. The maximum atomic E-state index is 11.0. The molecule has 0 radical (unpaired) electrons. The van der Waals surface area contributed by atoms with Crippen molar-refractivity contribution in [2.45, 2.75) is 19.3 Å². The fraction of sp³-hybridized carbons (Fsp3) is 0.462. The van der Waals surface area contributed by atoms with E-state index in [9.17, 15) is 4.79 Å². The molecule has 1 amide bonds. The lowest BCUT2D eigenvalue weighted by Crippen LogP contribution is -2.29. The highest BCUT2D eigenvalue weighted by Crippen LogP contribution is 2.21. The van der Waals surface area contributed by atoms with Crippen molar-refractivity contribution in [1.29, 1.82) is 0 Å². The number of amides is 1. The fourth-order valence-corrected chi connectivity index (χ4v) is 2.08. The van der Waals surface area contributed by atoms with Crippen LogP contribution in [0.15, 0.2) is 24.3 Å². The van der Waals surface area contributed by atoms with Gasteiger partial charge in [-0.3, -0.25) is 5.32 Å². The van der Waals surface area contributed by atoms with Gasteiger partial charge >= 0.3 is 6.09 Å². The van der Waals surface area contributed by atoms with Crippen LogP contribution in [0, 0.1) is 0 Å². The van der Waals surface area contributed by atoms with Gasteiger partial charge in [0, 0.05) is 24.5 Å². The summed E-state index contributed by atoms with van der Waals surface area (Å²) in [5.41, 5.74) is 1.98. The van der Waals surface area contributed by atoms with E-state index >= 15 is 0 Å². The van der Waals surface area contributed by atoms with E-state index < -0.39 is 6.09 Å². The third-order valence-corrected chi connectivity index (χ3v) is 3.02. The van der Waals surface area contributed by atoms with Gasteiger partial charge in [0.05, 0.1) is 7.11 Å². The highest BCUT2D eigenvalue weighted by atomic mass is 16.5. The van der Waals surface area contributed by atoms with Crippen molar-refractivity contribution >= 4 is 17.5 Å². The maximum Gasteiger partial charge on any atom is 0.411 e. The molecule has 1 aliphatic heterocycles. The van der Waals surface area contributed by atoms with Crippen LogP contribution in [0.4, 0.5) is 16.2 Å². The van der Waals surface area contributed by atoms with Gasteiger partial charge in [0.2, 0.25) is 0 Å². The van der Waals surface area contributed by atoms with Gasteiger partial charge in [-0.05, 0) is 43.5 Å². The third kappa shape index (κ3) is 3.12. The van der Waals surface area contributed by atoms with Crippen molar-refractivity contribution < 1.29 is 9.53 Å². The molecule has 4 heteroatoms. The first-order valence-electron chi connectivity index (χ1n) is 5.99. The summed E-state index contributed by atoms with van der Waals surface area (Å²) >= 11 is 0. The lowest BCUT2D eigenvalue weighted by Gasteiger charge is -2.28. The summed E-state index contributed by atoms with van der Waals surface area (Å²) < 4.78 is 4.54. The smallest absolute Gasteiger partial charge is 0.411 e. The Morgan fingerprint density at radius 1 is 1.18 bits per heavy atom. The first-order valence-corrected chi connectivity index (χ1v) is 5.99. The Hall–Kier alpha value is -1.71. The Morgan fingerprint density at radius 3 is 2.41 bits per heavy atom. The molecule has 4 nitrogen and oxygen atoms in total. The minimum Gasteiger partial charge on any atom is -0.453 e. The summed E-state index contributed by atoms with van der Waals surface area (Å²) in [5.74, 6) is 0. The Labute approximate surface area is 102 Å². The van der Waals surface area contributed by atoms with Gasteiger partial charge in [-0.25, -0.2) is 4.79 Å². The highest BCUT2D eigenvalue weighted by Gasteiger charge is 2.10. The van der Waals surface area contributed by atoms with Crippen molar-refractivity contribution in [2.24, 2.45) is 0 Å². The monoisotopic (exact) mass is 234 g/mol. The summed E-state index contributed by atoms with van der Waals surface area (Å²) in [6.45, 7) is 2.26. The van der Waals surface area contributed by atoms with Gasteiger partial charge in [-0.2, -0.15) is 0 Å². The van der Waals surface area contributed by atoms with Crippen molar-refractivity contribution in [3.8, 4) is 0 Å². The number of anilines is 2. The molecule has 1 fully saturated rings. The number of nitrogens with zero attached hydrogens (tertiary/aromatic N) is 1. The number of hydrogen-bond acceptors (Lipinski definition) is 3. The molecule has 1 saturated heterocycles. The molecule has 1 aliphatic rings. The zero-order valence-corrected chi connectivity index (χ0v) is 10.1. The number of rotatable bonds is 2. The number of hydrogen-bond donors (Lipinski definition) is 1. The second kappa shape index (κ2) is 5.57. The minimum atomic E-state index is -0.435. The minimum absolute atomic E-state index is 0.435. The van der Waals surface area contributed by atoms with Crippen molar-refractivity contribution in [3.63, 3.8) is 0 Å². The zero-order valence-electron chi connectivity index (χ0n) is 10.1. The topological polar surface area (TPSA) is 41.6 Å². The molecule has 1 aromatic rings. The number of ether oxygens (including phenoxy) is 1. The molecule has 0 bridgehead atoms. The lowest BCUT2D eigenvalue weighted by molar-refractivity contribution is 0.187. The van der Waals surface area contributed by atoms with E-state index in [1.54, 1.807) is 0 Å². The van der Waals surface area contributed by atoms with E-state index in [1.807, 2.05) is 24.3 Å². The maximum absolute atomic E-state index is 11.0. The van der Waals surface area contributed by atoms with Crippen LogP contribution >= 0.6 is 0 Å². The average molecular weight is 234 g/mol. The molecule has 0 atom stereocenters. The summed E-state index contributed by atoms with van der Waals surface area (Å²) in [6, 6.07) is 7.88. The first-order chi connectivity index (χ1) is 8.29. The van der Waals surface area contributed by atoms with Crippen LogP contribution in [0.3, 0.4) is 0 Å². The number of carbonyl (C=O) groups excluding carboxylic acids is 1. The predicted octanol–water partition coefficient (Wildman–Crippen LogP) is 2.86. The molecule has 0 aliphatic carbocycles. The van der Waals surface area contributed by atoms with Gasteiger partial charge in [0.1, 0.15) is 0 Å². The summed E-state index contributed by atoms with van der Waals surface area (Å²) in [6.07, 6.45) is 3.43. The summed E-state index contributed by atoms with van der Waals surface area (Å²) in [5, 5.41) is 2.64. The van der Waals surface area contributed by atoms with E-state index in [0.29, 0.717) is 0 Å².